The van der Waals surface area contributed by atoms with Crippen LogP contribution in [-0.4, -0.2) is 31.2 Å². The largest absolute Gasteiger partial charge is 0.469 e. The van der Waals surface area contributed by atoms with Gasteiger partial charge in [0.25, 0.3) is 0 Å². The summed E-state index contributed by atoms with van der Waals surface area (Å²) in [5.74, 6) is -0.181. The van der Waals surface area contributed by atoms with Gasteiger partial charge in [0.1, 0.15) is 0 Å². The van der Waals surface area contributed by atoms with Crippen molar-refractivity contribution in [3.63, 3.8) is 0 Å². The third kappa shape index (κ3) is 2.99. The maximum Gasteiger partial charge on any atom is 0.307 e. The van der Waals surface area contributed by atoms with Gasteiger partial charge in [-0.05, 0) is 6.92 Å². The first-order valence-corrected chi connectivity index (χ1v) is 5.37. The minimum absolute atomic E-state index is 0.181. The fraction of sp³-hybridized carbons (Fsp3) is 0.556. The zero-order valence-corrected chi connectivity index (χ0v) is 9.21. The molecule has 78 valence electrons. The first kappa shape index (κ1) is 11.0. The van der Waals surface area contributed by atoms with Crippen LogP contribution in [-0.2, 0) is 9.53 Å². The summed E-state index contributed by atoms with van der Waals surface area (Å²) < 4.78 is 4.58. The normalized spacial score (nSPS) is 9.86. The lowest BCUT2D eigenvalue weighted by Crippen LogP contribution is -2.25. The number of carbonyl (C=O) groups is 1. The van der Waals surface area contributed by atoms with Gasteiger partial charge in [-0.1, -0.05) is 0 Å². The molecule has 0 atom stereocenters. The topological polar surface area (TPSA) is 42.4 Å². The summed E-state index contributed by atoms with van der Waals surface area (Å²) >= 11 is 1.58. The summed E-state index contributed by atoms with van der Waals surface area (Å²) in [6, 6.07) is 0. The Kier molecular flexibility index (Phi) is 4.39. The molecule has 1 aromatic rings. The van der Waals surface area contributed by atoms with Gasteiger partial charge in [-0.15, -0.1) is 11.3 Å². The molecule has 0 aliphatic carbocycles. The number of rotatable bonds is 5. The molecule has 0 saturated carbocycles. The third-order valence-corrected chi connectivity index (χ3v) is 2.72. The van der Waals surface area contributed by atoms with Crippen LogP contribution in [0, 0.1) is 0 Å². The van der Waals surface area contributed by atoms with Crippen molar-refractivity contribution in [3.05, 3.63) is 11.6 Å². The Morgan fingerprint density at radius 2 is 2.50 bits per heavy atom. The minimum Gasteiger partial charge on any atom is -0.469 e. The van der Waals surface area contributed by atoms with Crippen LogP contribution >= 0.6 is 11.3 Å². The standard InChI is InChI=1S/C9H14N2O2S/c1-3-11(6-4-8(12)13-2)9-10-5-7-14-9/h5,7H,3-4,6H2,1-2H3. The highest BCUT2D eigenvalue weighted by Crippen LogP contribution is 2.16. The van der Waals surface area contributed by atoms with E-state index in [4.69, 9.17) is 0 Å². The Morgan fingerprint density at radius 3 is 3.00 bits per heavy atom. The quantitative estimate of drug-likeness (QED) is 0.697. The van der Waals surface area contributed by atoms with Crippen LogP contribution in [0.5, 0.6) is 0 Å². The molecule has 0 aliphatic heterocycles. The van der Waals surface area contributed by atoms with Crippen molar-refractivity contribution in [2.24, 2.45) is 0 Å². The number of aromatic nitrogens is 1. The lowest BCUT2D eigenvalue weighted by molar-refractivity contribution is -0.140. The van der Waals surface area contributed by atoms with Crippen molar-refractivity contribution in [2.75, 3.05) is 25.1 Å². The van der Waals surface area contributed by atoms with Crippen LogP contribution in [0.1, 0.15) is 13.3 Å². The summed E-state index contributed by atoms with van der Waals surface area (Å²) in [5.41, 5.74) is 0. The van der Waals surface area contributed by atoms with E-state index >= 15 is 0 Å². The third-order valence-electron chi connectivity index (χ3n) is 1.89. The van der Waals surface area contributed by atoms with Crippen molar-refractivity contribution in [1.82, 2.24) is 4.98 Å². The van der Waals surface area contributed by atoms with E-state index < -0.39 is 0 Å². The van der Waals surface area contributed by atoms with E-state index in [0.29, 0.717) is 13.0 Å². The smallest absolute Gasteiger partial charge is 0.307 e. The molecule has 0 fully saturated rings. The number of carbonyl (C=O) groups excluding carboxylic acids is 1. The van der Waals surface area contributed by atoms with Crippen molar-refractivity contribution >= 4 is 22.4 Å². The highest BCUT2D eigenvalue weighted by atomic mass is 32.1. The summed E-state index contributed by atoms with van der Waals surface area (Å²) in [7, 11) is 1.40. The van der Waals surface area contributed by atoms with Crippen molar-refractivity contribution in [3.8, 4) is 0 Å². The molecule has 0 saturated heterocycles. The Labute approximate surface area is 87.5 Å². The lowest BCUT2D eigenvalue weighted by atomic mass is 10.4. The number of nitrogens with zero attached hydrogens (tertiary/aromatic N) is 2. The maximum absolute atomic E-state index is 10.9. The summed E-state index contributed by atoms with van der Waals surface area (Å²) in [4.78, 5) is 17.2. The Hall–Kier alpha value is -1.10. The second-order valence-electron chi connectivity index (χ2n) is 2.72. The first-order chi connectivity index (χ1) is 6.77. The van der Waals surface area contributed by atoms with Crippen LogP contribution in [0.15, 0.2) is 11.6 Å². The van der Waals surface area contributed by atoms with E-state index in [0.717, 1.165) is 11.7 Å². The zero-order valence-electron chi connectivity index (χ0n) is 8.40. The van der Waals surface area contributed by atoms with Crippen LogP contribution in [0.4, 0.5) is 5.13 Å². The summed E-state index contributed by atoms with van der Waals surface area (Å²) in [5, 5.41) is 2.88. The molecule has 5 heteroatoms. The predicted molar refractivity (Wildman–Crippen MR) is 56.6 cm³/mol. The fourth-order valence-electron chi connectivity index (χ4n) is 1.09. The van der Waals surface area contributed by atoms with Gasteiger partial charge in [-0.3, -0.25) is 4.79 Å². The van der Waals surface area contributed by atoms with Crippen LogP contribution in [0.2, 0.25) is 0 Å². The number of thiazole rings is 1. The monoisotopic (exact) mass is 214 g/mol. The van der Waals surface area contributed by atoms with Gasteiger partial charge in [-0.2, -0.15) is 0 Å². The number of methoxy groups -OCH3 is 1. The fourth-order valence-corrected chi connectivity index (χ4v) is 1.82. The number of hydrogen-bond acceptors (Lipinski definition) is 5. The molecule has 14 heavy (non-hydrogen) atoms. The summed E-state index contributed by atoms with van der Waals surface area (Å²) in [6.07, 6.45) is 2.17. The average Bonchev–Trinajstić information content (AvgIpc) is 2.72. The Balaban J connectivity index is 2.44. The maximum atomic E-state index is 10.9. The number of hydrogen-bond donors (Lipinski definition) is 0. The highest BCUT2D eigenvalue weighted by molar-refractivity contribution is 7.13. The van der Waals surface area contributed by atoms with Gasteiger partial charge >= 0.3 is 5.97 Å². The Morgan fingerprint density at radius 1 is 1.71 bits per heavy atom. The predicted octanol–water partition coefficient (Wildman–Crippen LogP) is 1.53. The van der Waals surface area contributed by atoms with E-state index in [9.17, 15) is 4.79 Å². The van der Waals surface area contributed by atoms with Crippen molar-refractivity contribution < 1.29 is 9.53 Å². The van der Waals surface area contributed by atoms with E-state index in [1.54, 1.807) is 17.5 Å². The molecule has 0 aliphatic rings. The molecule has 1 heterocycles. The molecule has 1 aromatic heterocycles. The van der Waals surface area contributed by atoms with Crippen molar-refractivity contribution in [1.29, 1.82) is 0 Å². The number of ether oxygens (including phenoxy) is 1. The van der Waals surface area contributed by atoms with Gasteiger partial charge in [0, 0.05) is 24.7 Å². The molecule has 1 rings (SSSR count). The van der Waals surface area contributed by atoms with E-state index in [-0.39, 0.29) is 5.97 Å². The summed E-state index contributed by atoms with van der Waals surface area (Å²) in [6.45, 7) is 3.56. The first-order valence-electron chi connectivity index (χ1n) is 4.49. The molecule has 0 radical (unpaired) electrons. The number of anilines is 1. The molecule has 0 N–H and O–H groups in total. The molecule has 4 nitrogen and oxygen atoms in total. The molecular weight excluding hydrogens is 200 g/mol. The Bertz CT molecular complexity index is 274. The van der Waals surface area contributed by atoms with Gasteiger partial charge in [0.15, 0.2) is 5.13 Å². The lowest BCUT2D eigenvalue weighted by Gasteiger charge is -2.18. The molecule has 0 unspecified atom stereocenters. The average molecular weight is 214 g/mol. The molecule has 0 aromatic carbocycles. The second-order valence-corrected chi connectivity index (χ2v) is 3.59. The van der Waals surface area contributed by atoms with Gasteiger partial charge in [-0.25, -0.2) is 4.98 Å². The highest BCUT2D eigenvalue weighted by Gasteiger charge is 2.09. The SMILES string of the molecule is CCN(CCC(=O)OC)c1nccs1. The second kappa shape index (κ2) is 5.59. The van der Waals surface area contributed by atoms with Crippen LogP contribution in [0.3, 0.4) is 0 Å². The van der Waals surface area contributed by atoms with Gasteiger partial charge in [0.2, 0.25) is 0 Å². The van der Waals surface area contributed by atoms with E-state index in [1.165, 1.54) is 7.11 Å². The van der Waals surface area contributed by atoms with Crippen LogP contribution in [0.25, 0.3) is 0 Å². The number of esters is 1. The molecule has 0 spiro atoms. The molecule has 0 bridgehead atoms. The van der Waals surface area contributed by atoms with E-state index in [2.05, 4.69) is 14.6 Å². The van der Waals surface area contributed by atoms with Gasteiger partial charge < -0.3 is 9.64 Å². The van der Waals surface area contributed by atoms with Gasteiger partial charge in [0.05, 0.1) is 13.5 Å². The van der Waals surface area contributed by atoms with Crippen molar-refractivity contribution in [2.45, 2.75) is 13.3 Å². The molecular formula is C9H14N2O2S. The zero-order chi connectivity index (χ0) is 10.4. The minimum atomic E-state index is -0.181. The molecule has 0 amide bonds. The van der Waals surface area contributed by atoms with E-state index in [1.807, 2.05) is 12.3 Å². The van der Waals surface area contributed by atoms with Crippen LogP contribution < -0.4 is 4.90 Å².